The molecule has 2 aromatic carbocycles. The van der Waals surface area contributed by atoms with Crippen LogP contribution in [0.25, 0.3) is 0 Å². The Morgan fingerprint density at radius 3 is 2.37 bits per heavy atom. The third-order valence-corrected chi connectivity index (χ3v) is 4.53. The molecule has 0 nitrogen and oxygen atoms in total. The van der Waals surface area contributed by atoms with Gasteiger partial charge in [-0.25, -0.2) is 0 Å². The van der Waals surface area contributed by atoms with Crippen LogP contribution in [0.3, 0.4) is 0 Å². The van der Waals surface area contributed by atoms with Crippen molar-refractivity contribution in [3.8, 4) is 0 Å². The number of rotatable bonds is 5. The first-order valence-electron chi connectivity index (χ1n) is 6.66. The Hall–Kier alpha value is -0.600. The maximum atomic E-state index is 3.80. The Morgan fingerprint density at radius 2 is 1.74 bits per heavy atom. The summed E-state index contributed by atoms with van der Waals surface area (Å²) in [6.45, 7) is 2.22. The highest BCUT2D eigenvalue weighted by Gasteiger charge is 2.08. The number of halogens is 2. The molecule has 0 N–H and O–H groups in total. The Kier molecular flexibility index (Phi) is 5.65. The van der Waals surface area contributed by atoms with E-state index in [0.29, 0.717) is 4.83 Å². The molecule has 0 aliphatic rings. The van der Waals surface area contributed by atoms with E-state index in [1.54, 1.807) is 0 Å². The van der Waals surface area contributed by atoms with E-state index >= 15 is 0 Å². The molecule has 0 bridgehead atoms. The van der Waals surface area contributed by atoms with Gasteiger partial charge in [-0.2, -0.15) is 0 Å². The molecule has 0 amide bonds. The van der Waals surface area contributed by atoms with Crippen LogP contribution in [0.1, 0.15) is 34.9 Å². The van der Waals surface area contributed by atoms with E-state index in [4.69, 9.17) is 0 Å². The molecule has 0 saturated heterocycles. The molecule has 0 aliphatic heterocycles. The lowest BCUT2D eigenvalue weighted by atomic mass is 10.0. The molecule has 19 heavy (non-hydrogen) atoms. The first-order valence-corrected chi connectivity index (χ1v) is 8.37. The minimum atomic E-state index is 0.373. The lowest BCUT2D eigenvalue weighted by Crippen LogP contribution is -1.96. The van der Waals surface area contributed by atoms with Crippen molar-refractivity contribution in [2.45, 2.75) is 31.0 Å². The maximum Gasteiger partial charge on any atom is 0.0435 e. The highest BCUT2D eigenvalue weighted by atomic mass is 79.9. The van der Waals surface area contributed by atoms with Crippen molar-refractivity contribution in [1.29, 1.82) is 0 Å². The molecule has 0 saturated carbocycles. The Balaban J connectivity index is 2.05. The number of hydrogen-bond donors (Lipinski definition) is 0. The number of alkyl halides is 1. The summed E-state index contributed by atoms with van der Waals surface area (Å²) in [6, 6.07) is 17.5. The van der Waals surface area contributed by atoms with Gasteiger partial charge in [0.25, 0.3) is 0 Å². The molecule has 0 spiro atoms. The van der Waals surface area contributed by atoms with Crippen LogP contribution in [0.5, 0.6) is 0 Å². The van der Waals surface area contributed by atoms with Crippen molar-refractivity contribution in [3.05, 3.63) is 69.7 Å². The molecule has 2 aromatic rings. The molecule has 0 heterocycles. The fourth-order valence-corrected chi connectivity index (χ4v) is 3.30. The predicted octanol–water partition coefficient (Wildman–Crippen LogP) is 6.08. The fourth-order valence-electron chi connectivity index (χ4n) is 2.17. The van der Waals surface area contributed by atoms with Gasteiger partial charge in [-0.3, -0.25) is 0 Å². The quantitative estimate of drug-likeness (QED) is 0.550. The van der Waals surface area contributed by atoms with Gasteiger partial charge in [0.15, 0.2) is 0 Å². The van der Waals surface area contributed by atoms with Crippen LogP contribution in [0.4, 0.5) is 0 Å². The van der Waals surface area contributed by atoms with Crippen LogP contribution in [0, 0.1) is 0 Å². The summed E-state index contributed by atoms with van der Waals surface area (Å²) in [7, 11) is 0. The van der Waals surface area contributed by atoms with Gasteiger partial charge in [-0.1, -0.05) is 81.6 Å². The summed E-state index contributed by atoms with van der Waals surface area (Å²) in [5, 5.41) is 0. The van der Waals surface area contributed by atoms with Gasteiger partial charge >= 0.3 is 0 Å². The zero-order chi connectivity index (χ0) is 13.7. The summed E-state index contributed by atoms with van der Waals surface area (Å²) in [5.74, 6) is 0. The normalized spacial score (nSPS) is 12.4. The first kappa shape index (κ1) is 14.8. The largest absolute Gasteiger partial charge is 0.0835 e. The molecule has 2 heteroatoms. The maximum absolute atomic E-state index is 3.80. The molecular formula is C17H18Br2. The first-order chi connectivity index (χ1) is 9.19. The number of benzene rings is 2. The van der Waals surface area contributed by atoms with E-state index in [9.17, 15) is 0 Å². The summed E-state index contributed by atoms with van der Waals surface area (Å²) >= 11 is 7.32. The Bertz CT molecular complexity index is 517. The van der Waals surface area contributed by atoms with Crippen LogP contribution in [-0.4, -0.2) is 0 Å². The molecule has 1 atom stereocenters. The van der Waals surface area contributed by atoms with Gasteiger partial charge in [0.2, 0.25) is 0 Å². The zero-order valence-electron chi connectivity index (χ0n) is 11.1. The van der Waals surface area contributed by atoms with Crippen LogP contribution < -0.4 is 0 Å². The van der Waals surface area contributed by atoms with Crippen molar-refractivity contribution < 1.29 is 0 Å². The second-order valence-electron chi connectivity index (χ2n) is 4.79. The van der Waals surface area contributed by atoms with Gasteiger partial charge in [-0.05, 0) is 41.7 Å². The van der Waals surface area contributed by atoms with Crippen LogP contribution in [-0.2, 0) is 12.8 Å². The number of hydrogen-bond acceptors (Lipinski definition) is 0. The van der Waals surface area contributed by atoms with E-state index in [1.807, 2.05) is 0 Å². The molecule has 2 rings (SSSR count). The van der Waals surface area contributed by atoms with E-state index in [-0.39, 0.29) is 0 Å². The lowest BCUT2D eigenvalue weighted by Gasteiger charge is -2.11. The Labute approximate surface area is 132 Å². The highest BCUT2D eigenvalue weighted by Crippen LogP contribution is 2.28. The van der Waals surface area contributed by atoms with Crippen LogP contribution in [0.2, 0.25) is 0 Å². The van der Waals surface area contributed by atoms with Crippen molar-refractivity contribution in [3.63, 3.8) is 0 Å². The monoisotopic (exact) mass is 380 g/mol. The second kappa shape index (κ2) is 7.25. The average Bonchev–Trinajstić information content (AvgIpc) is 2.40. The van der Waals surface area contributed by atoms with Gasteiger partial charge < -0.3 is 0 Å². The topological polar surface area (TPSA) is 0 Å². The van der Waals surface area contributed by atoms with E-state index < -0.39 is 0 Å². The van der Waals surface area contributed by atoms with Gasteiger partial charge in [-0.15, -0.1) is 0 Å². The molecule has 0 aromatic heterocycles. The summed E-state index contributed by atoms with van der Waals surface area (Å²) in [6.07, 6.45) is 3.38. The van der Waals surface area contributed by atoms with Crippen molar-refractivity contribution >= 4 is 31.9 Å². The summed E-state index contributed by atoms with van der Waals surface area (Å²) in [5.41, 5.74) is 4.11. The van der Waals surface area contributed by atoms with Crippen molar-refractivity contribution in [2.24, 2.45) is 0 Å². The van der Waals surface area contributed by atoms with Gasteiger partial charge in [0.05, 0.1) is 0 Å². The molecule has 100 valence electrons. The SMILES string of the molecule is CCCc1ccc(C(Br)Cc2cccc(Br)c2)cc1. The smallest absolute Gasteiger partial charge is 0.0435 e. The van der Waals surface area contributed by atoms with Crippen molar-refractivity contribution in [2.75, 3.05) is 0 Å². The average molecular weight is 382 g/mol. The standard InChI is InChI=1S/C17H18Br2/c1-2-4-13-7-9-15(10-8-13)17(19)12-14-5-3-6-16(18)11-14/h3,5-11,17H,2,4,12H2,1H3. The molecular weight excluding hydrogens is 364 g/mol. The molecule has 0 radical (unpaired) electrons. The second-order valence-corrected chi connectivity index (χ2v) is 6.81. The lowest BCUT2D eigenvalue weighted by molar-refractivity contribution is 0.912. The Morgan fingerprint density at radius 1 is 1.00 bits per heavy atom. The minimum Gasteiger partial charge on any atom is -0.0835 e. The van der Waals surface area contributed by atoms with E-state index in [1.165, 1.54) is 29.5 Å². The van der Waals surface area contributed by atoms with Gasteiger partial charge in [0.1, 0.15) is 0 Å². The summed E-state index contributed by atoms with van der Waals surface area (Å²) < 4.78 is 1.14. The van der Waals surface area contributed by atoms with Gasteiger partial charge in [0, 0.05) is 9.30 Å². The minimum absolute atomic E-state index is 0.373. The third-order valence-electron chi connectivity index (χ3n) is 3.18. The van der Waals surface area contributed by atoms with Crippen LogP contribution >= 0.6 is 31.9 Å². The fraction of sp³-hybridized carbons (Fsp3) is 0.294. The third kappa shape index (κ3) is 4.47. The molecule has 1 unspecified atom stereocenters. The molecule has 0 fully saturated rings. The van der Waals surface area contributed by atoms with Crippen molar-refractivity contribution in [1.82, 2.24) is 0 Å². The van der Waals surface area contributed by atoms with Crippen LogP contribution in [0.15, 0.2) is 53.0 Å². The highest BCUT2D eigenvalue weighted by molar-refractivity contribution is 9.10. The van der Waals surface area contributed by atoms with E-state index in [0.717, 1.165) is 10.9 Å². The van der Waals surface area contributed by atoms with E-state index in [2.05, 4.69) is 87.3 Å². The predicted molar refractivity (Wildman–Crippen MR) is 90.0 cm³/mol. The zero-order valence-corrected chi connectivity index (χ0v) is 14.2. The number of aryl methyl sites for hydroxylation is 1. The summed E-state index contributed by atoms with van der Waals surface area (Å²) in [4.78, 5) is 0.373. The molecule has 0 aliphatic carbocycles.